The lowest BCUT2D eigenvalue weighted by molar-refractivity contribution is -0.124. The van der Waals surface area contributed by atoms with Gasteiger partial charge >= 0.3 is 0 Å². The Hall–Kier alpha value is -0.650. The summed E-state index contributed by atoms with van der Waals surface area (Å²) in [6, 6.07) is 0.678. The van der Waals surface area contributed by atoms with Gasteiger partial charge in [0.15, 0.2) is 0 Å². The van der Waals surface area contributed by atoms with Crippen LogP contribution in [-0.2, 0) is 4.79 Å². The molecule has 2 N–H and O–H groups in total. The van der Waals surface area contributed by atoms with E-state index in [1.165, 1.54) is 0 Å². The lowest BCUT2D eigenvalue weighted by atomic mass is 9.83. The molecule has 5 heteroatoms. The van der Waals surface area contributed by atoms with Gasteiger partial charge in [-0.3, -0.25) is 9.69 Å². The summed E-state index contributed by atoms with van der Waals surface area (Å²) in [5.74, 6) is 0.132. The van der Waals surface area contributed by atoms with E-state index in [0.29, 0.717) is 12.6 Å². The number of hydrogen-bond acceptors (Lipinski definition) is 4. The number of nitrogens with zero attached hydrogens (tertiary/aromatic N) is 2. The average molecular weight is 283 g/mol. The fourth-order valence-corrected chi connectivity index (χ4v) is 3.25. The summed E-state index contributed by atoms with van der Waals surface area (Å²) >= 11 is 0. The molecular weight excluding hydrogens is 254 g/mol. The van der Waals surface area contributed by atoms with Crippen LogP contribution in [0.25, 0.3) is 0 Å². The van der Waals surface area contributed by atoms with Crippen molar-refractivity contribution in [2.24, 2.45) is 0 Å². The maximum absolute atomic E-state index is 12.1. The van der Waals surface area contributed by atoms with Gasteiger partial charge in [0.2, 0.25) is 5.91 Å². The van der Waals surface area contributed by atoms with Crippen LogP contribution in [0.2, 0.25) is 0 Å². The number of hydrogen-bond donors (Lipinski definition) is 2. The number of piperazine rings is 1. The largest absolute Gasteiger partial charge is 0.390 e. The van der Waals surface area contributed by atoms with Crippen molar-refractivity contribution in [3.05, 3.63) is 0 Å². The Morgan fingerprint density at radius 2 is 2.00 bits per heavy atom. The Kier molecular flexibility index (Phi) is 5.04. The van der Waals surface area contributed by atoms with E-state index in [9.17, 15) is 9.90 Å². The van der Waals surface area contributed by atoms with Gasteiger partial charge in [-0.05, 0) is 46.6 Å². The molecular formula is C15H29N3O2. The van der Waals surface area contributed by atoms with Gasteiger partial charge in [-0.1, -0.05) is 0 Å². The van der Waals surface area contributed by atoms with Crippen molar-refractivity contribution >= 4 is 5.91 Å². The number of carbonyl (C=O) groups is 1. The molecule has 0 aromatic heterocycles. The fraction of sp³-hybridized carbons (Fsp3) is 0.933. The number of likely N-dealkylation sites (N-methyl/N-ethyl adjacent to an activating group) is 1. The van der Waals surface area contributed by atoms with Crippen molar-refractivity contribution in [1.29, 1.82) is 0 Å². The number of rotatable bonds is 3. The average Bonchev–Trinajstić information content (AvgIpc) is 2.35. The van der Waals surface area contributed by atoms with Gasteiger partial charge < -0.3 is 15.3 Å². The molecule has 0 aromatic carbocycles. The Morgan fingerprint density at radius 1 is 1.35 bits per heavy atom. The number of carbonyl (C=O) groups excluding carboxylic acids is 1. The second-order valence-corrected chi connectivity index (χ2v) is 6.92. The quantitative estimate of drug-likeness (QED) is 0.789. The molecule has 0 radical (unpaired) electrons. The number of nitrogens with one attached hydrogen (secondary N) is 1. The van der Waals surface area contributed by atoms with E-state index < -0.39 is 5.60 Å². The number of amides is 1. The maximum atomic E-state index is 12.1. The SMILES string of the molecule is C[C@@H]1CN(C)CCN1CC(=O)NC1CCC(C)(O)CC1. The van der Waals surface area contributed by atoms with Crippen LogP contribution in [0, 0.1) is 0 Å². The van der Waals surface area contributed by atoms with Crippen LogP contribution in [0.15, 0.2) is 0 Å². The fourth-order valence-electron chi connectivity index (χ4n) is 3.25. The summed E-state index contributed by atoms with van der Waals surface area (Å²) in [5, 5.41) is 13.1. The molecule has 0 aromatic rings. The minimum atomic E-state index is -0.535. The van der Waals surface area contributed by atoms with Crippen LogP contribution in [0.5, 0.6) is 0 Å². The highest BCUT2D eigenvalue weighted by Crippen LogP contribution is 2.27. The van der Waals surface area contributed by atoms with E-state index in [4.69, 9.17) is 0 Å². The monoisotopic (exact) mass is 283 g/mol. The molecule has 5 nitrogen and oxygen atoms in total. The zero-order valence-corrected chi connectivity index (χ0v) is 13.1. The Balaban J connectivity index is 1.73. The molecule has 1 amide bonds. The summed E-state index contributed by atoms with van der Waals surface area (Å²) < 4.78 is 0. The van der Waals surface area contributed by atoms with Crippen LogP contribution in [0.3, 0.4) is 0 Å². The predicted molar refractivity (Wildman–Crippen MR) is 79.6 cm³/mol. The second kappa shape index (κ2) is 6.41. The normalized spacial score (nSPS) is 36.8. The summed E-state index contributed by atoms with van der Waals surface area (Å²) in [4.78, 5) is 16.7. The zero-order chi connectivity index (χ0) is 14.8. The summed E-state index contributed by atoms with van der Waals surface area (Å²) in [6.07, 6.45) is 3.33. The molecule has 1 aliphatic heterocycles. The van der Waals surface area contributed by atoms with E-state index in [1.54, 1.807) is 0 Å². The predicted octanol–water partition coefficient (Wildman–Crippen LogP) is 0.432. The second-order valence-electron chi connectivity index (χ2n) is 6.92. The van der Waals surface area contributed by atoms with Crippen LogP contribution in [0.4, 0.5) is 0 Å². The molecule has 1 aliphatic carbocycles. The first-order valence-electron chi connectivity index (χ1n) is 7.80. The molecule has 0 spiro atoms. The van der Waals surface area contributed by atoms with Gasteiger partial charge in [0, 0.05) is 31.7 Å². The highest BCUT2D eigenvalue weighted by molar-refractivity contribution is 5.78. The van der Waals surface area contributed by atoms with Crippen molar-refractivity contribution in [3.63, 3.8) is 0 Å². The van der Waals surface area contributed by atoms with Crippen molar-refractivity contribution in [1.82, 2.24) is 15.1 Å². The van der Waals surface area contributed by atoms with Crippen LogP contribution in [0.1, 0.15) is 39.5 Å². The van der Waals surface area contributed by atoms with E-state index in [1.807, 2.05) is 6.92 Å². The van der Waals surface area contributed by atoms with Crippen molar-refractivity contribution in [2.45, 2.75) is 57.2 Å². The maximum Gasteiger partial charge on any atom is 0.234 e. The topological polar surface area (TPSA) is 55.8 Å². The van der Waals surface area contributed by atoms with Gasteiger partial charge in [-0.15, -0.1) is 0 Å². The van der Waals surface area contributed by atoms with Crippen molar-refractivity contribution in [2.75, 3.05) is 33.2 Å². The van der Waals surface area contributed by atoms with Gasteiger partial charge in [0.25, 0.3) is 0 Å². The molecule has 1 saturated carbocycles. The minimum Gasteiger partial charge on any atom is -0.390 e. The molecule has 116 valence electrons. The zero-order valence-electron chi connectivity index (χ0n) is 13.1. The van der Waals surface area contributed by atoms with Gasteiger partial charge in [0.1, 0.15) is 0 Å². The first-order chi connectivity index (χ1) is 9.35. The van der Waals surface area contributed by atoms with Crippen molar-refractivity contribution in [3.8, 4) is 0 Å². The van der Waals surface area contributed by atoms with Gasteiger partial charge in [-0.2, -0.15) is 0 Å². The van der Waals surface area contributed by atoms with Crippen LogP contribution < -0.4 is 5.32 Å². The molecule has 20 heavy (non-hydrogen) atoms. The van der Waals surface area contributed by atoms with Crippen molar-refractivity contribution < 1.29 is 9.90 Å². The minimum absolute atomic E-state index is 0.132. The summed E-state index contributed by atoms with van der Waals surface area (Å²) in [6.45, 7) is 7.59. The van der Waals surface area contributed by atoms with E-state index >= 15 is 0 Å². The van der Waals surface area contributed by atoms with E-state index in [0.717, 1.165) is 45.3 Å². The number of aliphatic hydroxyl groups is 1. The third kappa shape index (κ3) is 4.43. The Bertz CT molecular complexity index is 336. The summed E-state index contributed by atoms with van der Waals surface area (Å²) in [7, 11) is 2.13. The third-order valence-corrected chi connectivity index (χ3v) is 4.74. The first kappa shape index (κ1) is 15.7. The molecule has 1 atom stereocenters. The smallest absolute Gasteiger partial charge is 0.234 e. The van der Waals surface area contributed by atoms with Gasteiger partial charge in [0.05, 0.1) is 12.1 Å². The Morgan fingerprint density at radius 3 is 2.60 bits per heavy atom. The summed E-state index contributed by atoms with van der Waals surface area (Å²) in [5.41, 5.74) is -0.535. The van der Waals surface area contributed by atoms with Crippen LogP contribution in [-0.4, -0.2) is 71.7 Å². The molecule has 0 unspecified atom stereocenters. The first-order valence-corrected chi connectivity index (χ1v) is 7.80. The van der Waals surface area contributed by atoms with Crippen LogP contribution >= 0.6 is 0 Å². The molecule has 2 rings (SSSR count). The lowest BCUT2D eigenvalue weighted by Crippen LogP contribution is -2.54. The molecule has 1 saturated heterocycles. The van der Waals surface area contributed by atoms with E-state index in [2.05, 4.69) is 29.1 Å². The Labute approximate surface area is 122 Å². The molecule has 2 aliphatic rings. The van der Waals surface area contributed by atoms with E-state index in [-0.39, 0.29) is 11.9 Å². The lowest BCUT2D eigenvalue weighted by Gasteiger charge is -2.38. The standard InChI is InChI=1S/C15H29N3O2/c1-12-10-17(3)8-9-18(12)11-14(19)16-13-4-6-15(2,20)7-5-13/h12-13,20H,4-11H2,1-3H3,(H,16,19)/t12-,13?,15?/m1/s1. The molecule has 2 fully saturated rings. The molecule has 0 bridgehead atoms. The highest BCUT2D eigenvalue weighted by Gasteiger charge is 2.30. The third-order valence-electron chi connectivity index (χ3n) is 4.74. The highest BCUT2D eigenvalue weighted by atomic mass is 16.3. The van der Waals surface area contributed by atoms with Gasteiger partial charge in [-0.25, -0.2) is 0 Å². The molecule has 1 heterocycles.